The van der Waals surface area contributed by atoms with Crippen LogP contribution in [-0.2, 0) is 9.47 Å². The van der Waals surface area contributed by atoms with E-state index in [4.69, 9.17) is 9.47 Å². The monoisotopic (exact) mass is 152 g/mol. The Bertz CT molecular complexity index is 188. The highest BCUT2D eigenvalue weighted by Crippen LogP contribution is 2.19. The third kappa shape index (κ3) is 1.52. The molecule has 0 atom stereocenters. The Morgan fingerprint density at radius 3 is 2.73 bits per heavy atom. The Morgan fingerprint density at radius 1 is 1.27 bits per heavy atom. The molecule has 2 heteroatoms. The van der Waals surface area contributed by atoms with Gasteiger partial charge in [-0.25, -0.2) is 0 Å². The van der Waals surface area contributed by atoms with Crippen molar-refractivity contribution in [1.82, 2.24) is 0 Å². The number of allylic oxidation sites excluding steroid dienone is 2. The fourth-order valence-corrected chi connectivity index (χ4v) is 1.33. The van der Waals surface area contributed by atoms with Crippen molar-refractivity contribution in [2.45, 2.75) is 19.1 Å². The topological polar surface area (TPSA) is 18.5 Å². The molecule has 0 unspecified atom stereocenters. The van der Waals surface area contributed by atoms with Gasteiger partial charge in [-0.2, -0.15) is 0 Å². The van der Waals surface area contributed by atoms with Gasteiger partial charge in [0.1, 0.15) is 0 Å². The Balaban J connectivity index is 1.97. The van der Waals surface area contributed by atoms with Crippen LogP contribution in [0.1, 0.15) is 12.8 Å². The van der Waals surface area contributed by atoms with Gasteiger partial charge in [0, 0.05) is 5.57 Å². The predicted molar refractivity (Wildman–Crippen MR) is 42.1 cm³/mol. The molecule has 0 radical (unpaired) electrons. The van der Waals surface area contributed by atoms with Gasteiger partial charge in [0.25, 0.3) is 0 Å². The largest absolute Gasteiger partial charge is 0.348 e. The molecule has 2 nitrogen and oxygen atoms in total. The first-order chi connectivity index (χ1) is 5.47. The lowest BCUT2D eigenvalue weighted by atomic mass is 10.2. The summed E-state index contributed by atoms with van der Waals surface area (Å²) in [6, 6.07) is 0. The maximum Gasteiger partial charge on any atom is 0.183 e. The van der Waals surface area contributed by atoms with E-state index in [0.717, 1.165) is 26.1 Å². The van der Waals surface area contributed by atoms with Crippen molar-refractivity contribution in [2.75, 3.05) is 13.2 Å². The maximum atomic E-state index is 5.42. The second-order valence-electron chi connectivity index (χ2n) is 2.77. The molecule has 1 heterocycles. The quantitative estimate of drug-likeness (QED) is 0.568. The van der Waals surface area contributed by atoms with Gasteiger partial charge < -0.3 is 9.47 Å². The van der Waals surface area contributed by atoms with Gasteiger partial charge in [0.05, 0.1) is 13.2 Å². The summed E-state index contributed by atoms with van der Waals surface area (Å²) in [5, 5.41) is 0. The van der Waals surface area contributed by atoms with Crippen LogP contribution in [0, 0.1) is 0 Å². The van der Waals surface area contributed by atoms with Gasteiger partial charge in [-0.1, -0.05) is 18.2 Å². The first kappa shape index (κ1) is 7.07. The smallest absolute Gasteiger partial charge is 0.183 e. The molecule has 2 aliphatic rings. The van der Waals surface area contributed by atoms with E-state index >= 15 is 0 Å². The third-order valence-corrected chi connectivity index (χ3v) is 1.90. The molecule has 0 saturated carbocycles. The average molecular weight is 152 g/mol. The number of ether oxygens (including phenoxy) is 2. The Morgan fingerprint density at radius 2 is 2.09 bits per heavy atom. The Kier molecular flexibility index (Phi) is 2.06. The first-order valence-electron chi connectivity index (χ1n) is 4.06. The highest BCUT2D eigenvalue weighted by molar-refractivity contribution is 5.28. The molecule has 1 aliphatic heterocycles. The highest BCUT2D eigenvalue weighted by Gasteiger charge is 2.17. The standard InChI is InChI=1S/C9H12O2/c1-2-5-8(4-1)9-10-6-3-7-11-9/h1,4-5,9H,2-3,6-7H2. The van der Waals surface area contributed by atoms with Crippen molar-refractivity contribution in [3.05, 3.63) is 23.8 Å². The second kappa shape index (κ2) is 3.20. The zero-order valence-electron chi connectivity index (χ0n) is 6.45. The van der Waals surface area contributed by atoms with Crippen molar-refractivity contribution in [2.24, 2.45) is 0 Å². The fraction of sp³-hybridized carbons (Fsp3) is 0.556. The Labute approximate surface area is 66.5 Å². The van der Waals surface area contributed by atoms with E-state index in [2.05, 4.69) is 18.2 Å². The molecule has 11 heavy (non-hydrogen) atoms. The van der Waals surface area contributed by atoms with E-state index in [-0.39, 0.29) is 6.29 Å². The lowest BCUT2D eigenvalue weighted by molar-refractivity contribution is -0.154. The van der Waals surface area contributed by atoms with Gasteiger partial charge in [0.15, 0.2) is 6.29 Å². The van der Waals surface area contributed by atoms with E-state index in [9.17, 15) is 0 Å². The van der Waals surface area contributed by atoms with Crippen LogP contribution >= 0.6 is 0 Å². The molecule has 0 amide bonds. The van der Waals surface area contributed by atoms with Gasteiger partial charge in [-0.15, -0.1) is 0 Å². The predicted octanol–water partition coefficient (Wildman–Crippen LogP) is 1.64. The summed E-state index contributed by atoms with van der Waals surface area (Å²) in [5.41, 5.74) is 1.18. The minimum Gasteiger partial charge on any atom is -0.348 e. The molecule has 1 saturated heterocycles. The molecule has 0 aromatic heterocycles. The van der Waals surface area contributed by atoms with Crippen LogP contribution in [0.5, 0.6) is 0 Å². The molecular weight excluding hydrogens is 140 g/mol. The van der Waals surface area contributed by atoms with Crippen LogP contribution in [-0.4, -0.2) is 19.5 Å². The second-order valence-corrected chi connectivity index (χ2v) is 2.77. The third-order valence-electron chi connectivity index (χ3n) is 1.90. The Hall–Kier alpha value is -0.600. The van der Waals surface area contributed by atoms with Crippen LogP contribution < -0.4 is 0 Å². The lowest BCUT2D eigenvalue weighted by Gasteiger charge is -2.23. The molecule has 0 aromatic rings. The van der Waals surface area contributed by atoms with Gasteiger partial charge in [-0.05, 0) is 12.8 Å². The zero-order valence-corrected chi connectivity index (χ0v) is 6.45. The number of hydrogen-bond donors (Lipinski definition) is 0. The van der Waals surface area contributed by atoms with Crippen molar-refractivity contribution in [3.8, 4) is 0 Å². The van der Waals surface area contributed by atoms with Crippen molar-refractivity contribution in [1.29, 1.82) is 0 Å². The lowest BCUT2D eigenvalue weighted by Crippen LogP contribution is -2.25. The molecule has 0 N–H and O–H groups in total. The summed E-state index contributed by atoms with van der Waals surface area (Å²) in [6.45, 7) is 1.66. The average Bonchev–Trinajstić information content (AvgIpc) is 2.58. The molecule has 0 aromatic carbocycles. The van der Waals surface area contributed by atoms with Gasteiger partial charge >= 0.3 is 0 Å². The summed E-state index contributed by atoms with van der Waals surface area (Å²) >= 11 is 0. The van der Waals surface area contributed by atoms with Crippen LogP contribution in [0.25, 0.3) is 0 Å². The molecule has 1 aliphatic carbocycles. The van der Waals surface area contributed by atoms with Gasteiger partial charge in [0.2, 0.25) is 0 Å². The molecule has 2 rings (SSSR count). The molecule has 0 spiro atoms. The summed E-state index contributed by atoms with van der Waals surface area (Å²) in [5.74, 6) is 0. The molecular formula is C9H12O2. The molecule has 0 bridgehead atoms. The number of hydrogen-bond acceptors (Lipinski definition) is 2. The van der Waals surface area contributed by atoms with Crippen molar-refractivity contribution in [3.63, 3.8) is 0 Å². The van der Waals surface area contributed by atoms with Crippen LogP contribution in [0.4, 0.5) is 0 Å². The summed E-state index contributed by atoms with van der Waals surface area (Å²) in [7, 11) is 0. The van der Waals surface area contributed by atoms with E-state index in [1.54, 1.807) is 0 Å². The summed E-state index contributed by atoms with van der Waals surface area (Å²) in [6.07, 6.45) is 8.32. The van der Waals surface area contributed by atoms with Crippen LogP contribution in [0.3, 0.4) is 0 Å². The molecule has 1 fully saturated rings. The first-order valence-corrected chi connectivity index (χ1v) is 4.06. The number of rotatable bonds is 1. The van der Waals surface area contributed by atoms with E-state index < -0.39 is 0 Å². The van der Waals surface area contributed by atoms with Gasteiger partial charge in [-0.3, -0.25) is 0 Å². The zero-order chi connectivity index (χ0) is 7.52. The van der Waals surface area contributed by atoms with Crippen LogP contribution in [0.2, 0.25) is 0 Å². The fourth-order valence-electron chi connectivity index (χ4n) is 1.33. The molecule has 60 valence electrons. The summed E-state index contributed by atoms with van der Waals surface area (Å²) in [4.78, 5) is 0. The van der Waals surface area contributed by atoms with E-state index in [0.29, 0.717) is 0 Å². The van der Waals surface area contributed by atoms with Crippen molar-refractivity contribution < 1.29 is 9.47 Å². The SMILES string of the molecule is C1=CC(C2OCCCO2)=CC1. The summed E-state index contributed by atoms with van der Waals surface area (Å²) < 4.78 is 10.8. The van der Waals surface area contributed by atoms with E-state index in [1.165, 1.54) is 5.57 Å². The van der Waals surface area contributed by atoms with Crippen LogP contribution in [0.15, 0.2) is 23.8 Å². The maximum absolute atomic E-state index is 5.42. The minimum atomic E-state index is -0.0810. The van der Waals surface area contributed by atoms with E-state index in [1.807, 2.05) is 0 Å². The van der Waals surface area contributed by atoms with Crippen molar-refractivity contribution >= 4 is 0 Å². The highest BCUT2D eigenvalue weighted by atomic mass is 16.7. The normalized spacial score (nSPS) is 25.6. The minimum absolute atomic E-state index is 0.0810.